The van der Waals surface area contributed by atoms with E-state index >= 15 is 0 Å². The summed E-state index contributed by atoms with van der Waals surface area (Å²) < 4.78 is 19.6. The third kappa shape index (κ3) is 3.19. The van der Waals surface area contributed by atoms with E-state index in [1.54, 1.807) is 18.2 Å². The highest BCUT2D eigenvalue weighted by Crippen LogP contribution is 2.24. The molecule has 0 aliphatic heterocycles. The van der Waals surface area contributed by atoms with Crippen molar-refractivity contribution in [1.29, 1.82) is 0 Å². The standard InChI is InChI=1S/C19H15FN2O4/c1-11(23)22-10-16(15-9-13(20)6-7-17(15)22)18(24)21-14-5-3-4-12(8-14)19(25)26-2/h3-10H,1-2H3,(H,21,24). The molecule has 2 aromatic carbocycles. The normalized spacial score (nSPS) is 10.6. The molecule has 0 aliphatic rings. The van der Waals surface area contributed by atoms with Crippen LogP contribution in [0.3, 0.4) is 0 Å². The zero-order chi connectivity index (χ0) is 18.8. The van der Waals surface area contributed by atoms with Gasteiger partial charge in [-0.2, -0.15) is 0 Å². The van der Waals surface area contributed by atoms with Gasteiger partial charge in [-0.1, -0.05) is 6.07 Å². The first-order valence-corrected chi connectivity index (χ1v) is 7.72. The van der Waals surface area contributed by atoms with Crippen molar-refractivity contribution >= 4 is 34.4 Å². The van der Waals surface area contributed by atoms with Gasteiger partial charge in [0.1, 0.15) is 5.82 Å². The number of nitrogens with one attached hydrogen (secondary N) is 1. The summed E-state index contributed by atoms with van der Waals surface area (Å²) in [6.45, 7) is 1.35. The Hall–Kier alpha value is -3.48. The topological polar surface area (TPSA) is 77.4 Å². The Balaban J connectivity index is 1.99. The van der Waals surface area contributed by atoms with E-state index in [1.165, 1.54) is 49.1 Å². The lowest BCUT2D eigenvalue weighted by molar-refractivity contribution is 0.0600. The molecule has 0 fully saturated rings. The number of hydrogen-bond acceptors (Lipinski definition) is 4. The van der Waals surface area contributed by atoms with Crippen LogP contribution in [-0.4, -0.2) is 29.5 Å². The molecule has 0 aliphatic carbocycles. The van der Waals surface area contributed by atoms with Gasteiger partial charge in [-0.25, -0.2) is 9.18 Å². The lowest BCUT2D eigenvalue weighted by atomic mass is 10.1. The van der Waals surface area contributed by atoms with Crippen LogP contribution in [0.5, 0.6) is 0 Å². The summed E-state index contributed by atoms with van der Waals surface area (Å²) in [4.78, 5) is 36.0. The molecule has 3 rings (SSSR count). The number of aromatic nitrogens is 1. The van der Waals surface area contributed by atoms with Gasteiger partial charge in [-0.15, -0.1) is 0 Å². The summed E-state index contributed by atoms with van der Waals surface area (Å²) in [5, 5.41) is 2.97. The SMILES string of the molecule is COC(=O)c1cccc(NC(=O)c2cn(C(C)=O)c3ccc(F)cc23)c1. The average Bonchev–Trinajstić information content (AvgIpc) is 3.00. The zero-order valence-corrected chi connectivity index (χ0v) is 14.1. The van der Waals surface area contributed by atoms with E-state index in [-0.39, 0.29) is 17.0 Å². The zero-order valence-electron chi connectivity index (χ0n) is 14.1. The van der Waals surface area contributed by atoms with Crippen molar-refractivity contribution in [3.8, 4) is 0 Å². The van der Waals surface area contributed by atoms with E-state index in [9.17, 15) is 18.8 Å². The molecular formula is C19H15FN2O4. The molecule has 0 spiro atoms. The van der Waals surface area contributed by atoms with Gasteiger partial charge in [0.25, 0.3) is 5.91 Å². The minimum atomic E-state index is -0.531. The van der Waals surface area contributed by atoms with Crippen molar-refractivity contribution in [3.63, 3.8) is 0 Å². The van der Waals surface area contributed by atoms with E-state index in [0.29, 0.717) is 16.6 Å². The number of nitrogens with zero attached hydrogens (tertiary/aromatic N) is 1. The number of fused-ring (bicyclic) bond motifs is 1. The fourth-order valence-electron chi connectivity index (χ4n) is 2.68. The van der Waals surface area contributed by atoms with Crippen LogP contribution >= 0.6 is 0 Å². The monoisotopic (exact) mass is 354 g/mol. The number of ether oxygens (including phenoxy) is 1. The van der Waals surface area contributed by atoms with Crippen LogP contribution in [-0.2, 0) is 4.74 Å². The highest BCUT2D eigenvalue weighted by molar-refractivity contribution is 6.14. The van der Waals surface area contributed by atoms with Gasteiger partial charge in [-0.05, 0) is 36.4 Å². The Kier molecular flexibility index (Phi) is 4.53. The first kappa shape index (κ1) is 17.3. The van der Waals surface area contributed by atoms with Crippen molar-refractivity contribution in [2.24, 2.45) is 0 Å². The Labute approximate surface area is 148 Å². The van der Waals surface area contributed by atoms with Crippen LogP contribution < -0.4 is 5.32 Å². The van der Waals surface area contributed by atoms with Crippen LogP contribution in [0.2, 0.25) is 0 Å². The van der Waals surface area contributed by atoms with Gasteiger partial charge in [0.15, 0.2) is 0 Å². The van der Waals surface area contributed by atoms with Crippen molar-refractivity contribution in [2.45, 2.75) is 6.92 Å². The number of methoxy groups -OCH3 is 1. The van der Waals surface area contributed by atoms with Crippen molar-refractivity contribution in [3.05, 3.63) is 65.6 Å². The summed E-state index contributed by atoms with van der Waals surface area (Å²) in [7, 11) is 1.26. The molecule has 1 amide bonds. The molecule has 1 heterocycles. The van der Waals surface area contributed by atoms with E-state index in [0.717, 1.165) is 0 Å². The van der Waals surface area contributed by atoms with Crippen LogP contribution in [0.4, 0.5) is 10.1 Å². The molecule has 7 heteroatoms. The second-order valence-electron chi connectivity index (χ2n) is 5.62. The summed E-state index contributed by atoms with van der Waals surface area (Å²) >= 11 is 0. The van der Waals surface area contributed by atoms with Crippen molar-refractivity contribution in [1.82, 2.24) is 4.57 Å². The quantitative estimate of drug-likeness (QED) is 0.731. The number of anilines is 1. The van der Waals surface area contributed by atoms with Gasteiger partial charge in [0.2, 0.25) is 5.91 Å². The minimum Gasteiger partial charge on any atom is -0.465 e. The highest BCUT2D eigenvalue weighted by atomic mass is 19.1. The molecule has 0 unspecified atom stereocenters. The fourth-order valence-corrected chi connectivity index (χ4v) is 2.68. The highest BCUT2D eigenvalue weighted by Gasteiger charge is 2.18. The smallest absolute Gasteiger partial charge is 0.337 e. The lowest BCUT2D eigenvalue weighted by Crippen LogP contribution is -2.12. The Morgan fingerprint density at radius 2 is 1.88 bits per heavy atom. The molecule has 3 aromatic rings. The maximum atomic E-state index is 13.6. The predicted octanol–water partition coefficient (Wildman–Crippen LogP) is 3.48. The predicted molar refractivity (Wildman–Crippen MR) is 93.9 cm³/mol. The second-order valence-corrected chi connectivity index (χ2v) is 5.62. The van der Waals surface area contributed by atoms with E-state index in [2.05, 4.69) is 10.1 Å². The molecule has 6 nitrogen and oxygen atoms in total. The minimum absolute atomic E-state index is 0.151. The number of amides is 1. The van der Waals surface area contributed by atoms with Crippen molar-refractivity contribution < 1.29 is 23.5 Å². The first-order chi connectivity index (χ1) is 12.4. The third-order valence-electron chi connectivity index (χ3n) is 3.89. The molecule has 132 valence electrons. The third-order valence-corrected chi connectivity index (χ3v) is 3.89. The molecule has 0 bridgehead atoms. The number of benzene rings is 2. The van der Waals surface area contributed by atoms with Gasteiger partial charge in [0, 0.05) is 24.2 Å². The molecule has 1 aromatic heterocycles. The second kappa shape index (κ2) is 6.79. The molecule has 0 atom stereocenters. The summed E-state index contributed by atoms with van der Waals surface area (Å²) in [5.41, 5.74) is 1.24. The Morgan fingerprint density at radius 1 is 1.12 bits per heavy atom. The molecular weight excluding hydrogens is 339 g/mol. The molecule has 0 saturated carbocycles. The number of esters is 1. The van der Waals surface area contributed by atoms with Gasteiger partial charge < -0.3 is 10.1 Å². The van der Waals surface area contributed by atoms with Crippen LogP contribution in [0.1, 0.15) is 32.4 Å². The van der Waals surface area contributed by atoms with Crippen LogP contribution in [0.15, 0.2) is 48.7 Å². The first-order valence-electron chi connectivity index (χ1n) is 7.72. The van der Waals surface area contributed by atoms with Gasteiger partial charge in [-0.3, -0.25) is 14.2 Å². The molecule has 0 saturated heterocycles. The fraction of sp³-hybridized carbons (Fsp3) is 0.105. The van der Waals surface area contributed by atoms with Gasteiger partial charge >= 0.3 is 5.97 Å². The number of rotatable bonds is 3. The largest absolute Gasteiger partial charge is 0.465 e. The number of carbonyl (C=O) groups is 3. The Morgan fingerprint density at radius 3 is 2.58 bits per heavy atom. The number of halogens is 1. The molecule has 0 radical (unpaired) electrons. The maximum Gasteiger partial charge on any atom is 0.337 e. The van der Waals surface area contributed by atoms with E-state index in [4.69, 9.17) is 0 Å². The lowest BCUT2D eigenvalue weighted by Gasteiger charge is -2.06. The van der Waals surface area contributed by atoms with E-state index < -0.39 is 17.7 Å². The maximum absolute atomic E-state index is 13.6. The van der Waals surface area contributed by atoms with Gasteiger partial charge in [0.05, 0.1) is 23.8 Å². The summed E-state index contributed by atoms with van der Waals surface area (Å²) in [6, 6.07) is 10.1. The number of carbonyl (C=O) groups excluding carboxylic acids is 3. The number of hydrogen-bond donors (Lipinski definition) is 1. The average molecular weight is 354 g/mol. The molecule has 26 heavy (non-hydrogen) atoms. The summed E-state index contributed by atoms with van der Waals surface area (Å²) in [5.74, 6) is -1.87. The van der Waals surface area contributed by atoms with Crippen LogP contribution in [0.25, 0.3) is 10.9 Å². The van der Waals surface area contributed by atoms with E-state index in [1.807, 2.05) is 0 Å². The van der Waals surface area contributed by atoms with Crippen molar-refractivity contribution in [2.75, 3.05) is 12.4 Å². The molecule has 1 N–H and O–H groups in total. The Bertz CT molecular complexity index is 1040. The van der Waals surface area contributed by atoms with Crippen LogP contribution in [0, 0.1) is 5.82 Å². The summed E-state index contributed by atoms with van der Waals surface area (Å²) in [6.07, 6.45) is 1.37.